The summed E-state index contributed by atoms with van der Waals surface area (Å²) in [5.41, 5.74) is 0.253. The Hall–Kier alpha value is -0.870. The Morgan fingerprint density at radius 1 is 1.23 bits per heavy atom. The Labute approximate surface area is 156 Å². The van der Waals surface area contributed by atoms with Crippen molar-refractivity contribution in [2.45, 2.75) is 83.8 Å². The molecule has 8 atom stereocenters. The highest BCUT2D eigenvalue weighted by Crippen LogP contribution is 2.68. The van der Waals surface area contributed by atoms with Crippen molar-refractivity contribution in [2.75, 3.05) is 0 Å². The highest BCUT2D eigenvalue weighted by Gasteiger charge is 2.64. The second kappa shape index (κ2) is 5.81. The Balaban J connectivity index is 1.68. The second-order valence-electron chi connectivity index (χ2n) is 10.2. The zero-order chi connectivity index (χ0) is 18.9. The number of allylic oxidation sites excluding steroid dienone is 1. The molecule has 3 saturated carbocycles. The van der Waals surface area contributed by atoms with E-state index in [1.807, 2.05) is 0 Å². The van der Waals surface area contributed by atoms with Gasteiger partial charge in [-0.2, -0.15) is 0 Å². The molecule has 4 heteroatoms. The molecule has 26 heavy (non-hydrogen) atoms. The van der Waals surface area contributed by atoms with Crippen LogP contribution in [-0.4, -0.2) is 33.0 Å². The van der Waals surface area contributed by atoms with Gasteiger partial charge in [-0.1, -0.05) is 32.4 Å². The van der Waals surface area contributed by atoms with Gasteiger partial charge in [0, 0.05) is 0 Å². The minimum absolute atomic E-state index is 0.127. The molecule has 0 aromatic heterocycles. The van der Waals surface area contributed by atoms with Crippen LogP contribution >= 0.6 is 0 Å². The zero-order valence-electron chi connectivity index (χ0n) is 16.4. The van der Waals surface area contributed by atoms with Gasteiger partial charge in [0.05, 0.1) is 18.1 Å². The standard InChI is InChI=1S/C22H34O4/c1-13-10-15(23)11-14-4-5-16-17-7-9-22(26,12-19(24)25)20(17,2)8-6-18(16)21(13,14)3/h4,13,15-18,23,26H,5-12H2,1-3H3,(H,24,25)/t13-,15+,16-,17-,18-,20-,21-,22+/m0/s1. The molecule has 0 spiro atoms. The molecule has 0 aliphatic heterocycles. The molecule has 146 valence electrons. The van der Waals surface area contributed by atoms with Crippen molar-refractivity contribution in [3.05, 3.63) is 11.6 Å². The minimum Gasteiger partial charge on any atom is -0.481 e. The van der Waals surface area contributed by atoms with E-state index in [1.54, 1.807) is 0 Å². The van der Waals surface area contributed by atoms with Gasteiger partial charge in [0.2, 0.25) is 0 Å². The largest absolute Gasteiger partial charge is 0.481 e. The van der Waals surface area contributed by atoms with Gasteiger partial charge in [-0.3, -0.25) is 4.79 Å². The van der Waals surface area contributed by atoms with E-state index in [0.717, 1.165) is 38.5 Å². The molecule has 3 N–H and O–H groups in total. The first-order valence-corrected chi connectivity index (χ1v) is 10.4. The Bertz CT molecular complexity index is 642. The van der Waals surface area contributed by atoms with Crippen LogP contribution in [0.25, 0.3) is 0 Å². The van der Waals surface area contributed by atoms with E-state index in [2.05, 4.69) is 26.8 Å². The van der Waals surface area contributed by atoms with E-state index >= 15 is 0 Å². The molecule has 4 nitrogen and oxygen atoms in total. The van der Waals surface area contributed by atoms with Crippen molar-refractivity contribution in [1.82, 2.24) is 0 Å². The number of rotatable bonds is 2. The predicted molar refractivity (Wildman–Crippen MR) is 99.5 cm³/mol. The van der Waals surface area contributed by atoms with Crippen LogP contribution in [-0.2, 0) is 4.79 Å². The predicted octanol–water partition coefficient (Wildman–Crippen LogP) is 3.76. The number of hydrogen-bond donors (Lipinski definition) is 3. The van der Waals surface area contributed by atoms with E-state index in [9.17, 15) is 20.1 Å². The molecule has 0 heterocycles. The van der Waals surface area contributed by atoms with Gasteiger partial charge in [0.15, 0.2) is 0 Å². The van der Waals surface area contributed by atoms with Crippen LogP contribution in [0.2, 0.25) is 0 Å². The number of carbonyl (C=O) groups is 1. The van der Waals surface area contributed by atoms with E-state index in [0.29, 0.717) is 30.1 Å². The summed E-state index contributed by atoms with van der Waals surface area (Å²) in [6.07, 6.45) is 8.31. The Morgan fingerprint density at radius 3 is 2.62 bits per heavy atom. The first kappa shape index (κ1) is 18.5. The molecular weight excluding hydrogens is 328 g/mol. The van der Waals surface area contributed by atoms with Gasteiger partial charge in [0.1, 0.15) is 0 Å². The summed E-state index contributed by atoms with van der Waals surface area (Å²) in [5.74, 6) is 1.11. The van der Waals surface area contributed by atoms with Crippen molar-refractivity contribution >= 4 is 5.97 Å². The summed E-state index contributed by atoms with van der Waals surface area (Å²) in [7, 11) is 0. The van der Waals surface area contributed by atoms with Crippen molar-refractivity contribution in [2.24, 2.45) is 34.5 Å². The molecule has 0 aromatic rings. The summed E-state index contributed by atoms with van der Waals surface area (Å²) in [5, 5.41) is 30.8. The quantitative estimate of drug-likeness (QED) is 0.654. The zero-order valence-corrected chi connectivity index (χ0v) is 16.4. The summed E-state index contributed by atoms with van der Waals surface area (Å²) >= 11 is 0. The maximum Gasteiger partial charge on any atom is 0.306 e. The highest BCUT2D eigenvalue weighted by atomic mass is 16.4. The number of aliphatic carboxylic acids is 1. The van der Waals surface area contributed by atoms with Crippen LogP contribution in [0.15, 0.2) is 11.6 Å². The Morgan fingerprint density at radius 2 is 1.92 bits per heavy atom. The fraction of sp³-hybridized carbons (Fsp3) is 0.864. The van der Waals surface area contributed by atoms with E-state index in [-0.39, 0.29) is 23.4 Å². The van der Waals surface area contributed by atoms with Gasteiger partial charge in [0.25, 0.3) is 0 Å². The fourth-order valence-electron chi connectivity index (χ4n) is 7.72. The minimum atomic E-state index is -1.06. The third-order valence-corrected chi connectivity index (χ3v) is 9.41. The van der Waals surface area contributed by atoms with Crippen molar-refractivity contribution in [1.29, 1.82) is 0 Å². The normalized spacial score (nSPS) is 53.3. The lowest BCUT2D eigenvalue weighted by molar-refractivity contribution is -0.159. The van der Waals surface area contributed by atoms with E-state index in [4.69, 9.17) is 0 Å². The smallest absolute Gasteiger partial charge is 0.306 e. The third kappa shape index (κ3) is 2.30. The summed E-state index contributed by atoms with van der Waals surface area (Å²) < 4.78 is 0. The lowest BCUT2D eigenvalue weighted by Crippen LogP contribution is -2.56. The van der Waals surface area contributed by atoms with Crippen LogP contribution in [0.4, 0.5) is 0 Å². The molecule has 0 amide bonds. The van der Waals surface area contributed by atoms with Crippen LogP contribution in [0, 0.1) is 34.5 Å². The van der Waals surface area contributed by atoms with Crippen LogP contribution < -0.4 is 0 Å². The number of carboxylic acids is 1. The van der Waals surface area contributed by atoms with Crippen molar-refractivity contribution < 1.29 is 20.1 Å². The van der Waals surface area contributed by atoms with Gasteiger partial charge >= 0.3 is 5.97 Å². The molecule has 0 saturated heterocycles. The third-order valence-electron chi connectivity index (χ3n) is 9.41. The molecule has 4 aliphatic carbocycles. The number of hydrogen-bond acceptors (Lipinski definition) is 3. The molecule has 0 radical (unpaired) electrons. The molecule has 0 unspecified atom stereocenters. The first-order valence-electron chi connectivity index (χ1n) is 10.4. The molecular formula is C22H34O4. The molecule has 3 fully saturated rings. The van der Waals surface area contributed by atoms with E-state index < -0.39 is 11.6 Å². The highest BCUT2D eigenvalue weighted by molar-refractivity contribution is 5.68. The van der Waals surface area contributed by atoms with Crippen LogP contribution in [0.5, 0.6) is 0 Å². The summed E-state index contributed by atoms with van der Waals surface area (Å²) in [4.78, 5) is 11.4. The average molecular weight is 363 g/mol. The van der Waals surface area contributed by atoms with Crippen molar-refractivity contribution in [3.63, 3.8) is 0 Å². The topological polar surface area (TPSA) is 77.8 Å². The average Bonchev–Trinajstić information content (AvgIpc) is 2.80. The molecule has 4 rings (SSSR count). The Kier molecular flexibility index (Phi) is 4.13. The lowest BCUT2D eigenvalue weighted by Gasteiger charge is -2.60. The number of carboxylic acid groups (broad SMARTS) is 1. The van der Waals surface area contributed by atoms with Gasteiger partial charge < -0.3 is 15.3 Å². The summed E-state index contributed by atoms with van der Waals surface area (Å²) in [6, 6.07) is 0. The molecule has 0 bridgehead atoms. The number of fused-ring (bicyclic) bond motifs is 5. The molecule has 4 aliphatic rings. The molecule has 0 aromatic carbocycles. The van der Waals surface area contributed by atoms with Gasteiger partial charge in [-0.05, 0) is 79.4 Å². The maximum absolute atomic E-state index is 11.4. The van der Waals surface area contributed by atoms with Crippen LogP contribution in [0.1, 0.15) is 72.1 Å². The van der Waals surface area contributed by atoms with E-state index in [1.165, 1.54) is 5.57 Å². The van der Waals surface area contributed by atoms with Gasteiger partial charge in [-0.25, -0.2) is 0 Å². The van der Waals surface area contributed by atoms with Crippen molar-refractivity contribution in [3.8, 4) is 0 Å². The number of aliphatic hydroxyl groups is 2. The summed E-state index contributed by atoms with van der Waals surface area (Å²) in [6.45, 7) is 6.86. The first-order chi connectivity index (χ1) is 12.1. The number of aliphatic hydroxyl groups excluding tert-OH is 1. The second-order valence-corrected chi connectivity index (χ2v) is 10.2. The monoisotopic (exact) mass is 362 g/mol. The van der Waals surface area contributed by atoms with Gasteiger partial charge in [-0.15, -0.1) is 0 Å². The van der Waals surface area contributed by atoms with Crippen LogP contribution in [0.3, 0.4) is 0 Å². The fourth-order valence-corrected chi connectivity index (χ4v) is 7.72. The SMILES string of the molecule is C[C@H]1C[C@@H](O)CC2=CC[C@@H]3[C@H](CC[C@@]4(C)[C@H]3CC[C@@]4(O)CC(=O)O)[C@]21C. The maximum atomic E-state index is 11.4. The lowest BCUT2D eigenvalue weighted by atomic mass is 9.45.